The summed E-state index contributed by atoms with van der Waals surface area (Å²) in [6, 6.07) is 11.6. The van der Waals surface area contributed by atoms with Crippen molar-refractivity contribution < 1.29 is 9.59 Å². The Hall–Kier alpha value is -2.55. The number of nitrogens with one attached hydrogen (secondary N) is 1. The fourth-order valence-electron chi connectivity index (χ4n) is 4.34. The number of thiazole rings is 1. The first kappa shape index (κ1) is 20.4. The van der Waals surface area contributed by atoms with Gasteiger partial charge < -0.3 is 15.1 Å². The summed E-state index contributed by atoms with van der Waals surface area (Å²) in [6.45, 7) is 3.87. The van der Waals surface area contributed by atoms with Crippen molar-refractivity contribution in [3.63, 3.8) is 0 Å². The molecule has 0 aliphatic carbocycles. The fraction of sp³-hybridized carbons (Fsp3) is 0.348. The van der Waals surface area contributed by atoms with E-state index in [0.29, 0.717) is 5.13 Å². The van der Waals surface area contributed by atoms with E-state index in [1.165, 1.54) is 4.88 Å². The zero-order valence-corrected chi connectivity index (χ0v) is 19.1. The summed E-state index contributed by atoms with van der Waals surface area (Å²) in [5, 5.41) is 5.65. The maximum atomic E-state index is 13.3. The van der Waals surface area contributed by atoms with Gasteiger partial charge in [-0.15, -0.1) is 22.7 Å². The molecule has 0 saturated carbocycles. The number of hydrogen-bond donors (Lipinski definition) is 1. The number of fused-ring (bicyclic) bond motifs is 1. The molecule has 8 heteroatoms. The lowest BCUT2D eigenvalue weighted by atomic mass is 9.97. The van der Waals surface area contributed by atoms with Crippen molar-refractivity contribution in [3.05, 3.63) is 62.8 Å². The van der Waals surface area contributed by atoms with Gasteiger partial charge in [0.25, 0.3) is 0 Å². The highest BCUT2D eigenvalue weighted by Crippen LogP contribution is 2.43. The van der Waals surface area contributed by atoms with Crippen molar-refractivity contribution in [3.8, 4) is 0 Å². The van der Waals surface area contributed by atoms with Crippen LogP contribution < -0.4 is 10.2 Å². The van der Waals surface area contributed by atoms with Gasteiger partial charge in [-0.25, -0.2) is 4.98 Å². The number of nitrogens with zero attached hydrogens (tertiary/aromatic N) is 3. The molecular formula is C23H24N4O2S2. The summed E-state index contributed by atoms with van der Waals surface area (Å²) in [4.78, 5) is 37.3. The standard InChI is InChI=1S/C23H24N4O2S2/c1-14-5-7-15(8-6-14)27-20(28)12-16(21(27)18-4-3-11-30-18)22(29)25-23-24-17-9-10-26(2)13-19(17)31-23/h3-8,11,16,21H,9-10,12-13H2,1-2H3,(H,24,25,29). The summed E-state index contributed by atoms with van der Waals surface area (Å²) in [7, 11) is 2.09. The van der Waals surface area contributed by atoms with Crippen molar-refractivity contribution in [1.29, 1.82) is 0 Å². The molecule has 2 atom stereocenters. The number of rotatable bonds is 4. The van der Waals surface area contributed by atoms with Crippen LogP contribution >= 0.6 is 22.7 Å². The minimum atomic E-state index is -0.462. The van der Waals surface area contributed by atoms with E-state index in [9.17, 15) is 9.59 Å². The highest BCUT2D eigenvalue weighted by Gasteiger charge is 2.46. The molecule has 1 fully saturated rings. The first-order valence-corrected chi connectivity index (χ1v) is 12.1. The normalized spacial score (nSPS) is 21.4. The fourth-order valence-corrected chi connectivity index (χ4v) is 6.31. The Bertz CT molecular complexity index is 1110. The molecule has 1 saturated heterocycles. The summed E-state index contributed by atoms with van der Waals surface area (Å²) < 4.78 is 0. The molecule has 31 heavy (non-hydrogen) atoms. The van der Waals surface area contributed by atoms with Crippen LogP contribution in [-0.4, -0.2) is 35.3 Å². The quantitative estimate of drug-likeness (QED) is 0.643. The molecule has 6 nitrogen and oxygen atoms in total. The van der Waals surface area contributed by atoms with Crippen LogP contribution in [0, 0.1) is 12.8 Å². The Balaban J connectivity index is 1.43. The second-order valence-electron chi connectivity index (χ2n) is 8.24. The number of thiophene rings is 1. The number of benzene rings is 1. The van der Waals surface area contributed by atoms with Crippen molar-refractivity contribution in [2.45, 2.75) is 32.4 Å². The molecule has 2 aliphatic rings. The zero-order valence-electron chi connectivity index (χ0n) is 17.5. The molecule has 0 bridgehead atoms. The maximum Gasteiger partial charge on any atom is 0.232 e. The number of carbonyl (C=O) groups excluding carboxylic acids is 2. The number of hydrogen-bond acceptors (Lipinski definition) is 6. The van der Waals surface area contributed by atoms with Crippen LogP contribution in [0.5, 0.6) is 0 Å². The number of carbonyl (C=O) groups is 2. The van der Waals surface area contributed by atoms with Crippen LogP contribution in [0.2, 0.25) is 0 Å². The largest absolute Gasteiger partial charge is 0.303 e. The second-order valence-corrected chi connectivity index (χ2v) is 10.3. The van der Waals surface area contributed by atoms with E-state index < -0.39 is 5.92 Å². The van der Waals surface area contributed by atoms with Gasteiger partial charge in [-0.3, -0.25) is 9.59 Å². The molecule has 2 amide bonds. The third-order valence-electron chi connectivity index (χ3n) is 5.96. The van der Waals surface area contributed by atoms with Crippen LogP contribution in [0.1, 0.15) is 33.5 Å². The Labute approximate surface area is 189 Å². The Kier molecular flexibility index (Phi) is 5.37. The minimum Gasteiger partial charge on any atom is -0.303 e. The van der Waals surface area contributed by atoms with E-state index in [-0.39, 0.29) is 24.3 Å². The Morgan fingerprint density at radius 2 is 2.03 bits per heavy atom. The van der Waals surface area contributed by atoms with Crippen LogP contribution in [0.15, 0.2) is 41.8 Å². The van der Waals surface area contributed by atoms with Gasteiger partial charge in [0.05, 0.1) is 17.7 Å². The number of aromatic nitrogens is 1. The minimum absolute atomic E-state index is 0.0255. The molecule has 2 aromatic heterocycles. The van der Waals surface area contributed by atoms with Crippen molar-refractivity contribution >= 4 is 45.3 Å². The molecule has 3 aromatic rings. The van der Waals surface area contributed by atoms with Crippen LogP contribution in [0.3, 0.4) is 0 Å². The van der Waals surface area contributed by atoms with Gasteiger partial charge in [0.2, 0.25) is 11.8 Å². The topological polar surface area (TPSA) is 65.5 Å². The molecule has 5 rings (SSSR count). The molecule has 0 spiro atoms. The van der Waals surface area contributed by atoms with E-state index in [0.717, 1.165) is 41.3 Å². The molecule has 2 aliphatic heterocycles. The van der Waals surface area contributed by atoms with E-state index in [2.05, 4.69) is 22.2 Å². The second kappa shape index (κ2) is 8.18. The van der Waals surface area contributed by atoms with E-state index in [1.807, 2.05) is 48.7 Å². The molecule has 1 aromatic carbocycles. The number of aryl methyl sites for hydroxylation is 1. The predicted octanol–water partition coefficient (Wildman–Crippen LogP) is 4.23. The number of anilines is 2. The lowest BCUT2D eigenvalue weighted by Gasteiger charge is -2.27. The highest BCUT2D eigenvalue weighted by atomic mass is 32.1. The number of amides is 2. The van der Waals surface area contributed by atoms with E-state index in [4.69, 9.17) is 0 Å². The average Bonchev–Trinajstić information content (AvgIpc) is 3.46. The van der Waals surface area contributed by atoms with E-state index >= 15 is 0 Å². The molecule has 2 unspecified atom stereocenters. The van der Waals surface area contributed by atoms with E-state index in [1.54, 1.807) is 27.6 Å². The Morgan fingerprint density at radius 1 is 1.23 bits per heavy atom. The summed E-state index contributed by atoms with van der Waals surface area (Å²) in [6.07, 6.45) is 1.09. The average molecular weight is 453 g/mol. The van der Waals surface area contributed by atoms with Crippen molar-refractivity contribution in [2.75, 3.05) is 23.8 Å². The summed E-state index contributed by atoms with van der Waals surface area (Å²) in [5.74, 6) is -0.626. The van der Waals surface area contributed by atoms with Gasteiger partial charge in [0, 0.05) is 41.4 Å². The first-order chi connectivity index (χ1) is 15.0. The lowest BCUT2D eigenvalue weighted by molar-refractivity contribution is -0.122. The monoisotopic (exact) mass is 452 g/mol. The lowest BCUT2D eigenvalue weighted by Crippen LogP contribution is -2.32. The third kappa shape index (κ3) is 3.91. The molecule has 4 heterocycles. The van der Waals surface area contributed by atoms with Gasteiger partial charge in [-0.1, -0.05) is 23.8 Å². The van der Waals surface area contributed by atoms with Gasteiger partial charge in [0.1, 0.15) is 0 Å². The number of likely N-dealkylation sites (N-methyl/N-ethyl adjacent to an activating group) is 1. The van der Waals surface area contributed by atoms with Crippen molar-refractivity contribution in [2.24, 2.45) is 5.92 Å². The van der Waals surface area contributed by atoms with Crippen molar-refractivity contribution in [1.82, 2.24) is 9.88 Å². The molecular weight excluding hydrogens is 428 g/mol. The highest BCUT2D eigenvalue weighted by molar-refractivity contribution is 7.15. The smallest absolute Gasteiger partial charge is 0.232 e. The van der Waals surface area contributed by atoms with Gasteiger partial charge in [-0.2, -0.15) is 0 Å². The van der Waals surface area contributed by atoms with Gasteiger partial charge >= 0.3 is 0 Å². The third-order valence-corrected chi connectivity index (χ3v) is 7.90. The van der Waals surface area contributed by atoms with Crippen LogP contribution in [0.25, 0.3) is 0 Å². The molecule has 0 radical (unpaired) electrons. The SMILES string of the molecule is Cc1ccc(N2C(=O)CC(C(=O)Nc3nc4c(s3)CN(C)CC4)C2c2cccs2)cc1. The molecule has 1 N–H and O–H groups in total. The maximum absolute atomic E-state index is 13.3. The van der Waals surface area contributed by atoms with Gasteiger partial charge in [0.15, 0.2) is 5.13 Å². The Morgan fingerprint density at radius 3 is 2.77 bits per heavy atom. The first-order valence-electron chi connectivity index (χ1n) is 10.4. The van der Waals surface area contributed by atoms with Crippen LogP contribution in [0.4, 0.5) is 10.8 Å². The predicted molar refractivity (Wildman–Crippen MR) is 125 cm³/mol. The summed E-state index contributed by atoms with van der Waals surface area (Å²) >= 11 is 3.12. The van der Waals surface area contributed by atoms with Crippen LogP contribution in [-0.2, 0) is 22.6 Å². The summed E-state index contributed by atoms with van der Waals surface area (Å²) in [5.41, 5.74) is 3.05. The zero-order chi connectivity index (χ0) is 21.5. The van der Waals surface area contributed by atoms with Gasteiger partial charge in [-0.05, 0) is 37.6 Å². The molecule has 160 valence electrons.